The molecule has 2 heterocycles. The summed E-state index contributed by atoms with van der Waals surface area (Å²) in [5.41, 5.74) is 4.15. The van der Waals surface area contributed by atoms with Gasteiger partial charge < -0.3 is 40.3 Å². The van der Waals surface area contributed by atoms with Crippen molar-refractivity contribution in [3.63, 3.8) is 0 Å². The number of aromatic amines is 1. The van der Waals surface area contributed by atoms with Gasteiger partial charge in [-0.25, -0.2) is 18.5 Å². The summed E-state index contributed by atoms with van der Waals surface area (Å²) in [6.07, 6.45) is -5.79. The van der Waals surface area contributed by atoms with Gasteiger partial charge in [-0.3, -0.25) is 18.9 Å². The molecular formula is C15H20N3O15P3. The number of phosphoric acid groups is 3. The van der Waals surface area contributed by atoms with E-state index >= 15 is 0 Å². The number of nitrogen functional groups attached to an aromatic ring is 1. The minimum absolute atomic E-state index is 0.281. The summed E-state index contributed by atoms with van der Waals surface area (Å²) in [5.74, 6) is 0. The normalized spacial score (nSPS) is 25.8. The molecule has 2 unspecified atom stereocenters. The van der Waals surface area contributed by atoms with Gasteiger partial charge in [0.1, 0.15) is 24.4 Å². The number of hydrogen-bond acceptors (Lipinski definition) is 12. The number of anilines is 1. The highest BCUT2D eigenvalue weighted by Gasteiger charge is 2.47. The molecule has 1 aliphatic rings. The Morgan fingerprint density at radius 3 is 2.17 bits per heavy atom. The molecule has 0 amide bonds. The van der Waals surface area contributed by atoms with Gasteiger partial charge in [-0.2, -0.15) is 8.62 Å². The molecule has 1 fully saturated rings. The summed E-state index contributed by atoms with van der Waals surface area (Å²) in [4.78, 5) is 62.4. The highest BCUT2D eigenvalue weighted by atomic mass is 31.3. The average Bonchev–Trinajstić information content (AvgIpc) is 2.99. The molecule has 200 valence electrons. The van der Waals surface area contributed by atoms with Gasteiger partial charge in [-0.15, -0.1) is 0 Å². The van der Waals surface area contributed by atoms with Gasteiger partial charge in [0.25, 0.3) is 5.56 Å². The van der Waals surface area contributed by atoms with Gasteiger partial charge in [0.15, 0.2) is 0 Å². The van der Waals surface area contributed by atoms with Crippen molar-refractivity contribution in [1.82, 2.24) is 9.55 Å². The van der Waals surface area contributed by atoms with E-state index < -0.39 is 65.7 Å². The van der Waals surface area contributed by atoms with Crippen LogP contribution in [0.15, 0.2) is 40.1 Å². The maximum atomic E-state index is 12.4. The first-order chi connectivity index (χ1) is 16.5. The number of nitrogens with one attached hydrogen (secondary N) is 1. The first-order valence-electron chi connectivity index (χ1n) is 9.50. The summed E-state index contributed by atoms with van der Waals surface area (Å²) in [6, 6.07) is 5.89. The van der Waals surface area contributed by atoms with Crippen LogP contribution in [-0.2, 0) is 31.6 Å². The first kappa shape index (κ1) is 28.6. The number of aromatic nitrogens is 2. The summed E-state index contributed by atoms with van der Waals surface area (Å²) >= 11 is 0. The van der Waals surface area contributed by atoms with E-state index in [4.69, 9.17) is 25.2 Å². The van der Waals surface area contributed by atoms with Crippen molar-refractivity contribution >= 4 is 29.2 Å². The summed E-state index contributed by atoms with van der Waals surface area (Å²) in [7, 11) is -16.9. The smallest absolute Gasteiger partial charge is 0.399 e. The fourth-order valence-electron chi connectivity index (χ4n) is 3.13. The van der Waals surface area contributed by atoms with Crippen molar-refractivity contribution in [2.45, 2.75) is 24.4 Å². The van der Waals surface area contributed by atoms with Crippen LogP contribution in [0.1, 0.15) is 11.7 Å². The van der Waals surface area contributed by atoms with Crippen molar-refractivity contribution < 1.29 is 61.4 Å². The lowest BCUT2D eigenvalue weighted by atomic mass is 10.0. The molecule has 1 aliphatic heterocycles. The van der Waals surface area contributed by atoms with Crippen LogP contribution in [0, 0.1) is 0 Å². The SMILES string of the molecule is Nc1ccc(-n2cc([C@@H]3O[C@H](COP(=O)(O)OP(=O)(O)OP(=O)(O)O)[C@@H](O)[C@H]3O)c(=O)[nH]c2=O)cc1. The maximum Gasteiger partial charge on any atom is 0.490 e. The van der Waals surface area contributed by atoms with Crippen LogP contribution in [0.25, 0.3) is 5.69 Å². The van der Waals surface area contributed by atoms with E-state index in [1.54, 1.807) is 0 Å². The zero-order chi connectivity index (χ0) is 27.1. The van der Waals surface area contributed by atoms with Gasteiger partial charge >= 0.3 is 29.2 Å². The number of benzene rings is 1. The molecule has 36 heavy (non-hydrogen) atoms. The predicted molar refractivity (Wildman–Crippen MR) is 117 cm³/mol. The van der Waals surface area contributed by atoms with Crippen LogP contribution < -0.4 is 17.0 Å². The Kier molecular flexibility index (Phi) is 8.25. The van der Waals surface area contributed by atoms with Crippen LogP contribution in [0.2, 0.25) is 0 Å². The molecule has 3 rings (SSSR count). The molecule has 9 N–H and O–H groups in total. The van der Waals surface area contributed by atoms with Crippen molar-refractivity contribution in [2.75, 3.05) is 12.3 Å². The Morgan fingerprint density at radius 1 is 0.972 bits per heavy atom. The van der Waals surface area contributed by atoms with E-state index in [1.807, 2.05) is 4.98 Å². The largest absolute Gasteiger partial charge is 0.490 e. The van der Waals surface area contributed by atoms with E-state index in [1.165, 1.54) is 24.3 Å². The molecule has 1 saturated heterocycles. The standard InChI is InChI=1S/C15H20N3O15P3/c16-7-1-3-8(4-2-7)18-5-9(14(21)17-15(18)22)13-12(20)11(19)10(31-13)6-30-35(26,27)33-36(28,29)32-34(23,24)25/h1-5,10-13,19-20H,6,16H2,(H,26,27)(H,28,29)(H,17,21,22)(H2,23,24,25)/t10-,11-,12-,13+/m1/s1. The van der Waals surface area contributed by atoms with Crippen LogP contribution >= 0.6 is 23.5 Å². The van der Waals surface area contributed by atoms with Gasteiger partial charge in [-0.1, -0.05) is 0 Å². The monoisotopic (exact) mass is 575 g/mol. The van der Waals surface area contributed by atoms with Gasteiger partial charge in [0.2, 0.25) is 0 Å². The molecule has 18 nitrogen and oxygen atoms in total. The second kappa shape index (κ2) is 10.4. The summed E-state index contributed by atoms with van der Waals surface area (Å²) in [5, 5.41) is 20.6. The number of hydrogen-bond donors (Lipinski definition) is 8. The lowest BCUT2D eigenvalue weighted by Crippen LogP contribution is -2.35. The third-order valence-electron chi connectivity index (χ3n) is 4.63. The minimum Gasteiger partial charge on any atom is -0.399 e. The Hall–Kier alpha value is -2.01. The highest BCUT2D eigenvalue weighted by molar-refractivity contribution is 7.66. The molecule has 0 radical (unpaired) electrons. The molecule has 6 atom stereocenters. The molecule has 0 aliphatic carbocycles. The molecule has 0 spiro atoms. The topological polar surface area (TPSA) is 290 Å². The van der Waals surface area contributed by atoms with Gasteiger partial charge in [0.05, 0.1) is 17.9 Å². The van der Waals surface area contributed by atoms with Gasteiger partial charge in [-0.05, 0) is 24.3 Å². The Bertz CT molecular complexity index is 1370. The minimum atomic E-state index is -5.77. The molecule has 0 saturated carbocycles. The van der Waals surface area contributed by atoms with E-state index in [0.717, 1.165) is 10.8 Å². The molecule has 1 aromatic carbocycles. The number of aliphatic hydroxyl groups excluding tert-OH is 2. The predicted octanol–water partition coefficient (Wildman–Crippen LogP) is -1.39. The Labute approximate surface area is 199 Å². The van der Waals surface area contributed by atoms with Crippen LogP contribution in [0.4, 0.5) is 5.69 Å². The fourth-order valence-corrected chi connectivity index (χ4v) is 6.16. The second-order valence-electron chi connectivity index (χ2n) is 7.27. The number of nitrogens with zero attached hydrogens (tertiary/aromatic N) is 1. The van der Waals surface area contributed by atoms with E-state index in [0.29, 0.717) is 5.69 Å². The Morgan fingerprint density at radius 2 is 1.58 bits per heavy atom. The first-order valence-corrected chi connectivity index (χ1v) is 14.0. The zero-order valence-electron chi connectivity index (χ0n) is 17.6. The van der Waals surface area contributed by atoms with Crippen LogP contribution in [0.3, 0.4) is 0 Å². The third-order valence-corrected chi connectivity index (χ3v) is 8.43. The summed E-state index contributed by atoms with van der Waals surface area (Å²) < 4.78 is 51.8. The number of phosphoric ester groups is 1. The number of aliphatic hydroxyl groups is 2. The second-order valence-corrected chi connectivity index (χ2v) is 11.7. The van der Waals surface area contributed by atoms with E-state index in [2.05, 4.69) is 13.1 Å². The fraction of sp³-hybridized carbons (Fsp3) is 0.333. The zero-order valence-corrected chi connectivity index (χ0v) is 20.3. The van der Waals surface area contributed by atoms with Crippen molar-refractivity contribution in [1.29, 1.82) is 0 Å². The molecule has 2 aromatic rings. The summed E-state index contributed by atoms with van der Waals surface area (Å²) in [6.45, 7) is -1.08. The molecule has 0 bridgehead atoms. The number of nitrogens with two attached hydrogens (primary N) is 1. The highest BCUT2D eigenvalue weighted by Crippen LogP contribution is 2.66. The van der Waals surface area contributed by atoms with E-state index in [-0.39, 0.29) is 11.3 Å². The van der Waals surface area contributed by atoms with Gasteiger partial charge in [0, 0.05) is 11.9 Å². The lowest BCUT2D eigenvalue weighted by molar-refractivity contribution is -0.0228. The van der Waals surface area contributed by atoms with Crippen molar-refractivity contribution in [2.24, 2.45) is 0 Å². The molecule has 1 aromatic heterocycles. The molecule has 21 heteroatoms. The Balaban J connectivity index is 1.78. The van der Waals surface area contributed by atoms with Crippen molar-refractivity contribution in [3.8, 4) is 5.69 Å². The third kappa shape index (κ3) is 7.06. The average molecular weight is 575 g/mol. The number of rotatable bonds is 9. The number of H-pyrrole nitrogens is 1. The van der Waals surface area contributed by atoms with Crippen LogP contribution in [0.5, 0.6) is 0 Å². The van der Waals surface area contributed by atoms with Crippen LogP contribution in [-0.4, -0.2) is 64.3 Å². The van der Waals surface area contributed by atoms with E-state index in [9.17, 15) is 38.4 Å². The molecular weight excluding hydrogens is 555 g/mol. The van der Waals surface area contributed by atoms with Crippen molar-refractivity contribution in [3.05, 3.63) is 56.9 Å². The maximum absolute atomic E-state index is 12.4. The quantitative estimate of drug-likeness (QED) is 0.126. The number of ether oxygens (including phenoxy) is 1. The lowest BCUT2D eigenvalue weighted by Gasteiger charge is -2.19.